The van der Waals surface area contributed by atoms with Crippen molar-refractivity contribution >= 4 is 35.8 Å². The number of likely N-dealkylation sites (tertiary alicyclic amines) is 1. The number of nitrogens with one attached hydrogen (secondary N) is 1. The summed E-state index contributed by atoms with van der Waals surface area (Å²) in [5.74, 6) is 1.26. The van der Waals surface area contributed by atoms with Gasteiger partial charge < -0.3 is 15.1 Å². The van der Waals surface area contributed by atoms with E-state index in [1.54, 1.807) is 0 Å². The van der Waals surface area contributed by atoms with Gasteiger partial charge in [-0.25, -0.2) is 4.99 Å². The lowest BCUT2D eigenvalue weighted by atomic mass is 10.1. The Balaban J connectivity index is 0.00000363. The fourth-order valence-corrected chi connectivity index (χ4v) is 4.83. The number of hydrogen-bond acceptors (Lipinski definition) is 4. The second kappa shape index (κ2) is 12.8. The van der Waals surface area contributed by atoms with Gasteiger partial charge in [0.1, 0.15) is 0 Å². The lowest BCUT2D eigenvalue weighted by Gasteiger charge is -2.39. The summed E-state index contributed by atoms with van der Waals surface area (Å²) in [4.78, 5) is 24.5. The molecule has 32 heavy (non-hydrogen) atoms. The SMILES string of the molecule is CCNC(=NCc1c(CC)nn(C)c1CC)N1CCN(C(C)C(=O)N2CCCC2)CC1.I. The quantitative estimate of drug-likeness (QED) is 0.316. The average molecular weight is 560 g/mol. The topological polar surface area (TPSA) is 69.0 Å². The first-order chi connectivity index (χ1) is 15.0. The minimum Gasteiger partial charge on any atom is -0.357 e. The average Bonchev–Trinajstić information content (AvgIpc) is 3.43. The molecule has 1 atom stereocenters. The van der Waals surface area contributed by atoms with E-state index in [4.69, 9.17) is 4.99 Å². The number of aliphatic imine (C=N–C) groups is 1. The van der Waals surface area contributed by atoms with Gasteiger partial charge in [-0.3, -0.25) is 14.4 Å². The van der Waals surface area contributed by atoms with Crippen LogP contribution in [0.3, 0.4) is 0 Å². The summed E-state index contributed by atoms with van der Waals surface area (Å²) in [6.07, 6.45) is 4.18. The van der Waals surface area contributed by atoms with Crippen LogP contribution in [-0.2, 0) is 31.2 Å². The molecule has 3 rings (SSSR count). The van der Waals surface area contributed by atoms with Gasteiger partial charge >= 0.3 is 0 Å². The molecule has 1 aromatic heterocycles. The molecule has 8 nitrogen and oxygen atoms in total. The summed E-state index contributed by atoms with van der Waals surface area (Å²) >= 11 is 0. The number of carbonyl (C=O) groups is 1. The van der Waals surface area contributed by atoms with Crippen LogP contribution in [0.4, 0.5) is 0 Å². The number of aromatic nitrogens is 2. The first kappa shape index (κ1) is 26.9. The molecular weight excluding hydrogens is 517 g/mol. The third-order valence-corrected chi connectivity index (χ3v) is 6.69. The van der Waals surface area contributed by atoms with E-state index >= 15 is 0 Å². The maximum Gasteiger partial charge on any atom is 0.239 e. The lowest BCUT2D eigenvalue weighted by Crippen LogP contribution is -2.57. The summed E-state index contributed by atoms with van der Waals surface area (Å²) in [5.41, 5.74) is 3.69. The van der Waals surface area contributed by atoms with Crippen LogP contribution < -0.4 is 5.32 Å². The monoisotopic (exact) mass is 559 g/mol. The van der Waals surface area contributed by atoms with Crippen molar-refractivity contribution in [3.05, 3.63) is 17.0 Å². The van der Waals surface area contributed by atoms with Crippen molar-refractivity contribution in [3.8, 4) is 0 Å². The number of halogens is 1. The van der Waals surface area contributed by atoms with Crippen molar-refractivity contribution in [2.24, 2.45) is 12.0 Å². The zero-order chi connectivity index (χ0) is 22.4. The Morgan fingerprint density at radius 1 is 1.03 bits per heavy atom. The maximum absolute atomic E-state index is 12.8. The molecule has 1 aromatic rings. The molecule has 1 N–H and O–H groups in total. The normalized spacial score (nSPS) is 18.6. The first-order valence-corrected chi connectivity index (χ1v) is 12.1. The van der Waals surface area contributed by atoms with Gasteiger partial charge in [0.2, 0.25) is 5.91 Å². The number of nitrogens with zero attached hydrogens (tertiary/aromatic N) is 6. The van der Waals surface area contributed by atoms with Crippen LogP contribution in [0.1, 0.15) is 57.5 Å². The fourth-order valence-electron chi connectivity index (χ4n) is 4.83. The molecule has 1 unspecified atom stereocenters. The molecule has 2 fully saturated rings. The number of carbonyl (C=O) groups excluding carboxylic acids is 1. The summed E-state index contributed by atoms with van der Waals surface area (Å²) in [7, 11) is 2.03. The maximum atomic E-state index is 12.8. The molecule has 0 spiro atoms. The van der Waals surface area contributed by atoms with Crippen LogP contribution in [0.5, 0.6) is 0 Å². The highest BCUT2D eigenvalue weighted by molar-refractivity contribution is 14.0. The van der Waals surface area contributed by atoms with Crippen LogP contribution in [0.25, 0.3) is 0 Å². The fraction of sp³-hybridized carbons (Fsp3) is 0.783. The Bertz CT molecular complexity index is 765. The molecule has 2 saturated heterocycles. The van der Waals surface area contributed by atoms with Crippen LogP contribution in [0.2, 0.25) is 0 Å². The van der Waals surface area contributed by atoms with Crippen molar-refractivity contribution in [3.63, 3.8) is 0 Å². The smallest absolute Gasteiger partial charge is 0.239 e. The van der Waals surface area contributed by atoms with E-state index in [9.17, 15) is 4.79 Å². The van der Waals surface area contributed by atoms with E-state index < -0.39 is 0 Å². The van der Waals surface area contributed by atoms with Gasteiger partial charge in [-0.1, -0.05) is 13.8 Å². The Kier molecular flexibility index (Phi) is 10.7. The molecule has 0 bridgehead atoms. The van der Waals surface area contributed by atoms with E-state index in [-0.39, 0.29) is 30.0 Å². The van der Waals surface area contributed by atoms with Gasteiger partial charge in [0, 0.05) is 64.1 Å². The largest absolute Gasteiger partial charge is 0.357 e. The predicted octanol–water partition coefficient (Wildman–Crippen LogP) is 2.26. The van der Waals surface area contributed by atoms with Crippen LogP contribution in [0, 0.1) is 0 Å². The zero-order valence-corrected chi connectivity index (χ0v) is 22.9. The number of guanidine groups is 1. The van der Waals surface area contributed by atoms with Gasteiger partial charge in [0.05, 0.1) is 18.3 Å². The first-order valence-electron chi connectivity index (χ1n) is 12.1. The number of rotatable bonds is 7. The third kappa shape index (κ3) is 6.15. The third-order valence-electron chi connectivity index (χ3n) is 6.69. The molecule has 3 heterocycles. The van der Waals surface area contributed by atoms with Crippen LogP contribution in [0.15, 0.2) is 4.99 Å². The minimum absolute atomic E-state index is 0. The highest BCUT2D eigenvalue weighted by atomic mass is 127. The summed E-state index contributed by atoms with van der Waals surface area (Å²) in [6, 6.07) is -0.0330. The van der Waals surface area contributed by atoms with Crippen molar-refractivity contribution in [1.29, 1.82) is 0 Å². The standard InChI is InChI=1S/C23H41N7O.HI/c1-6-20-19(21(7-2)27(5)26-20)17-25-23(24-8-3)30-15-13-28(14-16-30)18(4)22(31)29-11-9-10-12-29;/h18H,6-17H2,1-5H3,(H,24,25);1H. The predicted molar refractivity (Wildman–Crippen MR) is 141 cm³/mol. The Labute approximate surface area is 210 Å². The molecular formula is C23H42IN7O. The van der Waals surface area contributed by atoms with Gasteiger partial charge in [0.15, 0.2) is 5.96 Å². The molecule has 182 valence electrons. The molecule has 0 radical (unpaired) electrons. The van der Waals surface area contributed by atoms with E-state index in [1.807, 2.05) is 16.6 Å². The van der Waals surface area contributed by atoms with Crippen molar-refractivity contribution < 1.29 is 4.79 Å². The zero-order valence-electron chi connectivity index (χ0n) is 20.6. The van der Waals surface area contributed by atoms with Crippen LogP contribution in [-0.4, -0.2) is 88.2 Å². The highest BCUT2D eigenvalue weighted by Gasteiger charge is 2.30. The second-order valence-electron chi connectivity index (χ2n) is 8.60. The van der Waals surface area contributed by atoms with E-state index in [1.165, 1.54) is 11.3 Å². The molecule has 9 heteroatoms. The van der Waals surface area contributed by atoms with Gasteiger partial charge in [-0.2, -0.15) is 5.10 Å². The van der Waals surface area contributed by atoms with Crippen molar-refractivity contribution in [1.82, 2.24) is 29.8 Å². The second-order valence-corrected chi connectivity index (χ2v) is 8.60. The molecule has 2 aliphatic heterocycles. The Morgan fingerprint density at radius 2 is 1.69 bits per heavy atom. The van der Waals surface area contributed by atoms with Gasteiger partial charge in [-0.15, -0.1) is 24.0 Å². The van der Waals surface area contributed by atoms with Crippen molar-refractivity contribution in [2.45, 2.75) is 66.0 Å². The lowest BCUT2D eigenvalue weighted by molar-refractivity contribution is -0.135. The molecule has 0 saturated carbocycles. The highest BCUT2D eigenvalue weighted by Crippen LogP contribution is 2.18. The van der Waals surface area contributed by atoms with E-state index in [0.29, 0.717) is 12.5 Å². The van der Waals surface area contributed by atoms with E-state index in [2.05, 4.69) is 47.9 Å². The number of aryl methyl sites for hydroxylation is 2. The summed E-state index contributed by atoms with van der Waals surface area (Å²) in [5, 5.41) is 8.16. The minimum atomic E-state index is -0.0330. The number of hydrogen-bond donors (Lipinski definition) is 1. The number of piperazine rings is 1. The van der Waals surface area contributed by atoms with Crippen LogP contribution >= 0.6 is 24.0 Å². The summed E-state index contributed by atoms with van der Waals surface area (Å²) in [6.45, 7) is 15.4. The molecule has 0 aromatic carbocycles. The molecule has 0 aliphatic carbocycles. The van der Waals surface area contributed by atoms with Crippen molar-refractivity contribution in [2.75, 3.05) is 45.8 Å². The Morgan fingerprint density at radius 3 is 2.25 bits per heavy atom. The number of amides is 1. The molecule has 2 aliphatic rings. The molecule has 1 amide bonds. The van der Waals surface area contributed by atoms with Gasteiger partial charge in [-0.05, 0) is 39.5 Å². The Hall–Kier alpha value is -1.36. The van der Waals surface area contributed by atoms with E-state index in [0.717, 1.165) is 83.2 Å². The van der Waals surface area contributed by atoms with Gasteiger partial charge in [0.25, 0.3) is 0 Å². The summed E-state index contributed by atoms with van der Waals surface area (Å²) < 4.78 is 2.01.